The molecule has 2 aromatic rings. The van der Waals surface area contributed by atoms with E-state index in [0.717, 1.165) is 11.2 Å². The van der Waals surface area contributed by atoms with Crippen LogP contribution in [-0.2, 0) is 5.54 Å². The Morgan fingerprint density at radius 3 is 2.65 bits per heavy atom. The lowest BCUT2D eigenvalue weighted by atomic mass is 9.82. The Morgan fingerprint density at radius 1 is 1.20 bits per heavy atom. The predicted molar refractivity (Wildman–Crippen MR) is 82.9 cm³/mol. The molecule has 1 aromatic carbocycles. The van der Waals surface area contributed by atoms with Crippen molar-refractivity contribution in [2.24, 2.45) is 0 Å². The van der Waals surface area contributed by atoms with Gasteiger partial charge in [0.1, 0.15) is 5.82 Å². The third kappa shape index (κ3) is 1.83. The molecule has 0 unspecified atom stereocenters. The number of anilines is 1. The predicted octanol–water partition coefficient (Wildman–Crippen LogP) is 4.18. The van der Waals surface area contributed by atoms with E-state index in [4.69, 9.17) is 10.7 Å². The van der Waals surface area contributed by atoms with Crippen molar-refractivity contribution in [3.63, 3.8) is 0 Å². The van der Waals surface area contributed by atoms with Gasteiger partial charge in [-0.05, 0) is 50.8 Å². The summed E-state index contributed by atoms with van der Waals surface area (Å²) >= 11 is 0. The second kappa shape index (κ2) is 4.24. The summed E-state index contributed by atoms with van der Waals surface area (Å²) < 4.78 is 2.57. The quantitative estimate of drug-likeness (QED) is 0.831. The molecule has 2 saturated carbocycles. The van der Waals surface area contributed by atoms with Gasteiger partial charge in [0.05, 0.1) is 11.0 Å². The summed E-state index contributed by atoms with van der Waals surface area (Å²) in [5, 5.41) is 0. The number of aromatic nitrogens is 2. The van der Waals surface area contributed by atoms with Gasteiger partial charge in [0.2, 0.25) is 0 Å². The zero-order chi connectivity index (χ0) is 13.7. The van der Waals surface area contributed by atoms with Gasteiger partial charge in [0.15, 0.2) is 0 Å². The number of hydrogen-bond donors (Lipinski definition) is 1. The molecule has 2 aliphatic carbocycles. The van der Waals surface area contributed by atoms with Crippen LogP contribution in [-0.4, -0.2) is 9.55 Å². The maximum absolute atomic E-state index is 5.94. The highest BCUT2D eigenvalue weighted by Crippen LogP contribution is 2.45. The molecule has 0 spiro atoms. The van der Waals surface area contributed by atoms with Crippen LogP contribution >= 0.6 is 0 Å². The van der Waals surface area contributed by atoms with Crippen molar-refractivity contribution >= 4 is 16.7 Å². The standard InChI is InChI=1S/C17H23N3/c1-17(9-3-2-4-10-17)20-15-8-7-13(18)11-14(15)19-16(20)12-5-6-12/h7-8,11-12H,2-6,9-10,18H2,1H3. The van der Waals surface area contributed by atoms with Gasteiger partial charge in [-0.2, -0.15) is 0 Å². The van der Waals surface area contributed by atoms with Crippen molar-refractivity contribution in [1.29, 1.82) is 0 Å². The largest absolute Gasteiger partial charge is 0.399 e. The highest BCUT2D eigenvalue weighted by molar-refractivity contribution is 5.80. The van der Waals surface area contributed by atoms with Crippen LogP contribution in [0, 0.1) is 0 Å². The van der Waals surface area contributed by atoms with Gasteiger partial charge in [-0.25, -0.2) is 4.98 Å². The van der Waals surface area contributed by atoms with Gasteiger partial charge in [0.25, 0.3) is 0 Å². The van der Waals surface area contributed by atoms with E-state index in [1.54, 1.807) is 0 Å². The molecule has 3 heteroatoms. The van der Waals surface area contributed by atoms with Crippen molar-refractivity contribution in [3.8, 4) is 0 Å². The summed E-state index contributed by atoms with van der Waals surface area (Å²) in [6.07, 6.45) is 9.23. The minimum atomic E-state index is 0.251. The summed E-state index contributed by atoms with van der Waals surface area (Å²) in [6, 6.07) is 6.22. The third-order valence-corrected chi connectivity index (χ3v) is 5.12. The van der Waals surface area contributed by atoms with Crippen LogP contribution < -0.4 is 5.73 Å². The highest BCUT2D eigenvalue weighted by atomic mass is 15.2. The molecule has 0 atom stereocenters. The van der Waals surface area contributed by atoms with Crippen LogP contribution in [0.1, 0.15) is 63.6 Å². The molecule has 2 fully saturated rings. The molecule has 0 amide bonds. The molecular formula is C17H23N3. The lowest BCUT2D eigenvalue weighted by molar-refractivity contribution is 0.219. The van der Waals surface area contributed by atoms with Crippen LogP contribution in [0.3, 0.4) is 0 Å². The van der Waals surface area contributed by atoms with E-state index < -0.39 is 0 Å². The Labute approximate surface area is 120 Å². The highest BCUT2D eigenvalue weighted by Gasteiger charge is 2.37. The second-order valence-corrected chi connectivity index (χ2v) is 6.89. The number of nitrogens with zero attached hydrogens (tertiary/aromatic N) is 2. The van der Waals surface area contributed by atoms with E-state index in [1.807, 2.05) is 12.1 Å². The van der Waals surface area contributed by atoms with E-state index in [0.29, 0.717) is 5.92 Å². The molecule has 4 rings (SSSR count). The number of fused-ring (bicyclic) bond motifs is 1. The van der Waals surface area contributed by atoms with Crippen LogP contribution in [0.2, 0.25) is 0 Å². The Balaban J connectivity index is 1.93. The van der Waals surface area contributed by atoms with E-state index in [-0.39, 0.29) is 5.54 Å². The first-order valence-electron chi connectivity index (χ1n) is 7.96. The fraction of sp³-hybridized carbons (Fsp3) is 0.588. The number of benzene rings is 1. The van der Waals surface area contributed by atoms with Gasteiger partial charge in [0, 0.05) is 17.1 Å². The average molecular weight is 269 g/mol. The van der Waals surface area contributed by atoms with Gasteiger partial charge in [-0.3, -0.25) is 0 Å². The Hall–Kier alpha value is -1.51. The first-order chi connectivity index (χ1) is 9.67. The smallest absolute Gasteiger partial charge is 0.113 e. The van der Waals surface area contributed by atoms with Crippen LogP contribution in [0.15, 0.2) is 18.2 Å². The summed E-state index contributed by atoms with van der Waals surface area (Å²) in [5.41, 5.74) is 9.37. The van der Waals surface area contributed by atoms with Crippen LogP contribution in [0.5, 0.6) is 0 Å². The molecule has 1 heterocycles. The Kier molecular flexibility index (Phi) is 2.60. The van der Waals surface area contributed by atoms with Gasteiger partial charge < -0.3 is 10.3 Å². The van der Waals surface area contributed by atoms with Crippen molar-refractivity contribution in [3.05, 3.63) is 24.0 Å². The minimum absolute atomic E-state index is 0.251. The zero-order valence-electron chi connectivity index (χ0n) is 12.2. The van der Waals surface area contributed by atoms with Crippen molar-refractivity contribution in [1.82, 2.24) is 9.55 Å². The Morgan fingerprint density at radius 2 is 1.95 bits per heavy atom. The number of nitrogen functional groups attached to an aromatic ring is 1. The minimum Gasteiger partial charge on any atom is -0.399 e. The molecule has 0 aliphatic heterocycles. The van der Waals surface area contributed by atoms with E-state index >= 15 is 0 Å². The lowest BCUT2D eigenvalue weighted by Gasteiger charge is -2.37. The van der Waals surface area contributed by atoms with Crippen LogP contribution in [0.4, 0.5) is 5.69 Å². The first-order valence-corrected chi connectivity index (χ1v) is 7.96. The molecule has 20 heavy (non-hydrogen) atoms. The molecule has 3 nitrogen and oxygen atoms in total. The summed E-state index contributed by atoms with van der Waals surface area (Å²) in [5.74, 6) is 2.00. The number of rotatable bonds is 2. The third-order valence-electron chi connectivity index (χ3n) is 5.12. The van der Waals surface area contributed by atoms with E-state index in [1.165, 1.54) is 56.3 Å². The average Bonchev–Trinajstić information content (AvgIpc) is 3.20. The number of nitrogens with two attached hydrogens (primary N) is 1. The summed E-state index contributed by atoms with van der Waals surface area (Å²) in [7, 11) is 0. The molecule has 2 aliphatic rings. The van der Waals surface area contributed by atoms with E-state index in [2.05, 4.69) is 17.6 Å². The molecule has 2 N–H and O–H groups in total. The monoisotopic (exact) mass is 269 g/mol. The fourth-order valence-corrected chi connectivity index (χ4v) is 3.84. The van der Waals surface area contributed by atoms with E-state index in [9.17, 15) is 0 Å². The second-order valence-electron chi connectivity index (χ2n) is 6.89. The molecule has 106 valence electrons. The fourth-order valence-electron chi connectivity index (χ4n) is 3.84. The summed E-state index contributed by atoms with van der Waals surface area (Å²) in [6.45, 7) is 2.43. The zero-order valence-corrected chi connectivity index (χ0v) is 12.2. The lowest BCUT2D eigenvalue weighted by Crippen LogP contribution is -2.33. The maximum atomic E-state index is 5.94. The SMILES string of the molecule is CC1(n2c(C3CC3)nc3cc(N)ccc32)CCCCC1. The normalized spacial score (nSPS) is 22.2. The number of hydrogen-bond acceptors (Lipinski definition) is 2. The molecular weight excluding hydrogens is 246 g/mol. The molecule has 0 saturated heterocycles. The van der Waals surface area contributed by atoms with Gasteiger partial charge in [-0.15, -0.1) is 0 Å². The van der Waals surface area contributed by atoms with Crippen molar-refractivity contribution < 1.29 is 0 Å². The van der Waals surface area contributed by atoms with Gasteiger partial charge >= 0.3 is 0 Å². The van der Waals surface area contributed by atoms with Crippen molar-refractivity contribution in [2.75, 3.05) is 5.73 Å². The van der Waals surface area contributed by atoms with Crippen molar-refractivity contribution in [2.45, 2.75) is 63.3 Å². The van der Waals surface area contributed by atoms with Gasteiger partial charge in [-0.1, -0.05) is 19.3 Å². The number of imidazole rings is 1. The molecule has 1 aromatic heterocycles. The molecule has 0 radical (unpaired) electrons. The first kappa shape index (κ1) is 12.2. The maximum Gasteiger partial charge on any atom is 0.113 e. The molecule has 0 bridgehead atoms. The summed E-state index contributed by atoms with van der Waals surface area (Å²) in [4.78, 5) is 4.94. The Bertz CT molecular complexity index is 646. The topological polar surface area (TPSA) is 43.8 Å². The van der Waals surface area contributed by atoms with Crippen LogP contribution in [0.25, 0.3) is 11.0 Å².